The zero-order valence-corrected chi connectivity index (χ0v) is 21.3. The molecule has 7 heteroatoms. The van der Waals surface area contributed by atoms with Gasteiger partial charge in [0, 0.05) is 25.0 Å². The van der Waals surface area contributed by atoms with E-state index in [1.807, 2.05) is 66.7 Å². The fraction of sp³-hybridized carbons (Fsp3) is 0.156. The van der Waals surface area contributed by atoms with E-state index < -0.39 is 0 Å². The van der Waals surface area contributed by atoms with Crippen LogP contribution in [0, 0.1) is 0 Å². The second-order valence-corrected chi connectivity index (χ2v) is 9.39. The van der Waals surface area contributed by atoms with E-state index >= 15 is 0 Å². The van der Waals surface area contributed by atoms with Crippen molar-refractivity contribution in [3.8, 4) is 11.1 Å². The van der Waals surface area contributed by atoms with E-state index in [-0.39, 0.29) is 17.9 Å². The summed E-state index contributed by atoms with van der Waals surface area (Å²) >= 11 is 0. The van der Waals surface area contributed by atoms with Crippen molar-refractivity contribution >= 4 is 28.4 Å². The van der Waals surface area contributed by atoms with Crippen LogP contribution in [0.3, 0.4) is 0 Å². The third-order valence-corrected chi connectivity index (χ3v) is 6.94. The Morgan fingerprint density at radius 3 is 2.31 bits per heavy atom. The molecule has 0 unspecified atom stereocenters. The second-order valence-electron chi connectivity index (χ2n) is 9.39. The van der Waals surface area contributed by atoms with Crippen LogP contribution < -0.4 is 15.2 Å². The molecule has 5 aromatic rings. The molecule has 1 fully saturated rings. The fourth-order valence-corrected chi connectivity index (χ4v) is 4.79. The molecule has 6 rings (SSSR count). The van der Waals surface area contributed by atoms with Gasteiger partial charge in [0.2, 0.25) is 0 Å². The van der Waals surface area contributed by atoms with E-state index in [4.69, 9.17) is 9.15 Å². The molecule has 2 aromatic heterocycles. The minimum Gasteiger partial charge on any atom is -0.464 e. The molecule has 3 aromatic carbocycles. The standard InChI is InChI=1S/C32H27N3O4/c36-31-26(22-39-29-9-5-4-8-28(29)31)21-35(27-13-10-24(11-14-27)23-6-2-1-3-7-23)32(37)25-12-15-30(33-20-25)34-16-18-38-19-17-34/h1-15,20,22H,16-19,21H2. The van der Waals surface area contributed by atoms with Crippen LogP contribution in [0.25, 0.3) is 22.1 Å². The van der Waals surface area contributed by atoms with Crippen molar-refractivity contribution in [2.45, 2.75) is 6.54 Å². The number of hydrogen-bond donors (Lipinski definition) is 0. The Hall–Kier alpha value is -4.75. The summed E-state index contributed by atoms with van der Waals surface area (Å²) in [6, 6.07) is 28.6. The number of para-hydroxylation sites is 1. The first-order valence-corrected chi connectivity index (χ1v) is 12.9. The van der Waals surface area contributed by atoms with Crippen LogP contribution in [0.4, 0.5) is 11.5 Å². The van der Waals surface area contributed by atoms with Crippen LogP contribution in [0.1, 0.15) is 15.9 Å². The molecule has 0 N–H and O–H groups in total. The van der Waals surface area contributed by atoms with Gasteiger partial charge in [-0.1, -0.05) is 54.6 Å². The smallest absolute Gasteiger partial charge is 0.260 e. The minimum absolute atomic E-state index is 0.0574. The summed E-state index contributed by atoms with van der Waals surface area (Å²) in [5, 5.41) is 0.485. The van der Waals surface area contributed by atoms with Crippen LogP contribution in [-0.2, 0) is 11.3 Å². The molecular formula is C32H27N3O4. The Morgan fingerprint density at radius 2 is 1.56 bits per heavy atom. The molecule has 0 bridgehead atoms. The normalized spacial score (nSPS) is 13.4. The lowest BCUT2D eigenvalue weighted by Gasteiger charge is -2.28. The third kappa shape index (κ3) is 5.17. The molecule has 1 amide bonds. The maximum absolute atomic E-state index is 13.9. The fourth-order valence-electron chi connectivity index (χ4n) is 4.79. The molecule has 1 aliphatic heterocycles. The zero-order valence-electron chi connectivity index (χ0n) is 21.3. The topological polar surface area (TPSA) is 75.9 Å². The number of anilines is 2. The highest BCUT2D eigenvalue weighted by Crippen LogP contribution is 2.26. The van der Waals surface area contributed by atoms with Crippen molar-refractivity contribution in [2.75, 3.05) is 36.1 Å². The molecule has 0 spiro atoms. The predicted molar refractivity (Wildman–Crippen MR) is 152 cm³/mol. The summed E-state index contributed by atoms with van der Waals surface area (Å²) in [6.45, 7) is 2.89. The number of benzene rings is 3. The molecule has 1 saturated heterocycles. The van der Waals surface area contributed by atoms with Gasteiger partial charge in [0.05, 0.1) is 42.5 Å². The lowest BCUT2D eigenvalue weighted by molar-refractivity contribution is 0.0984. The first kappa shape index (κ1) is 24.6. The minimum atomic E-state index is -0.254. The molecule has 7 nitrogen and oxygen atoms in total. The van der Waals surface area contributed by atoms with Gasteiger partial charge in [0.25, 0.3) is 5.91 Å². The molecule has 0 radical (unpaired) electrons. The van der Waals surface area contributed by atoms with Gasteiger partial charge in [0.15, 0.2) is 5.43 Å². The van der Waals surface area contributed by atoms with Gasteiger partial charge in [-0.2, -0.15) is 0 Å². The second kappa shape index (κ2) is 10.9. The molecular weight excluding hydrogens is 490 g/mol. The molecule has 0 atom stereocenters. The number of pyridine rings is 1. The summed E-state index contributed by atoms with van der Waals surface area (Å²) in [5.41, 5.74) is 3.98. The lowest BCUT2D eigenvalue weighted by atomic mass is 10.0. The Balaban J connectivity index is 1.34. The van der Waals surface area contributed by atoms with Gasteiger partial charge in [-0.25, -0.2) is 4.98 Å². The van der Waals surface area contributed by atoms with Crippen LogP contribution in [0.2, 0.25) is 0 Å². The SMILES string of the molecule is O=C(c1ccc(N2CCOCC2)nc1)N(Cc1coc2ccccc2c1=O)c1ccc(-c2ccccc2)cc1. The number of morpholine rings is 1. The first-order chi connectivity index (χ1) is 19.2. The number of fused-ring (bicyclic) bond motifs is 1. The molecule has 1 aliphatic rings. The van der Waals surface area contributed by atoms with Crippen molar-refractivity contribution in [3.05, 3.63) is 125 Å². The Labute approximate surface area is 225 Å². The quantitative estimate of drug-likeness (QED) is 0.295. The number of ether oxygens (including phenoxy) is 1. The van der Waals surface area contributed by atoms with Crippen molar-refractivity contribution in [1.29, 1.82) is 0 Å². The van der Waals surface area contributed by atoms with Crippen LogP contribution in [-0.4, -0.2) is 37.2 Å². The summed E-state index contributed by atoms with van der Waals surface area (Å²) in [4.78, 5) is 35.5. The highest BCUT2D eigenvalue weighted by atomic mass is 16.5. The number of aromatic nitrogens is 1. The predicted octanol–water partition coefficient (Wildman–Crippen LogP) is 5.54. The van der Waals surface area contributed by atoms with E-state index in [1.165, 1.54) is 6.26 Å². The molecule has 0 aliphatic carbocycles. The van der Waals surface area contributed by atoms with Crippen molar-refractivity contribution in [1.82, 2.24) is 4.98 Å². The average Bonchev–Trinajstić information content (AvgIpc) is 3.02. The largest absolute Gasteiger partial charge is 0.464 e. The van der Waals surface area contributed by atoms with E-state index in [2.05, 4.69) is 9.88 Å². The van der Waals surface area contributed by atoms with Gasteiger partial charge in [-0.15, -0.1) is 0 Å². The molecule has 0 saturated carbocycles. The summed E-state index contributed by atoms with van der Waals surface area (Å²) < 4.78 is 11.2. The zero-order chi connectivity index (χ0) is 26.6. The Kier molecular flexibility index (Phi) is 6.89. The van der Waals surface area contributed by atoms with Gasteiger partial charge in [-0.05, 0) is 47.5 Å². The maximum atomic E-state index is 13.9. The molecule has 194 valence electrons. The molecule has 39 heavy (non-hydrogen) atoms. The van der Waals surface area contributed by atoms with Crippen LogP contribution >= 0.6 is 0 Å². The van der Waals surface area contributed by atoms with E-state index in [1.54, 1.807) is 35.4 Å². The highest BCUT2D eigenvalue weighted by Gasteiger charge is 2.22. The highest BCUT2D eigenvalue weighted by molar-refractivity contribution is 6.06. The third-order valence-electron chi connectivity index (χ3n) is 6.94. The van der Waals surface area contributed by atoms with Crippen molar-refractivity contribution in [2.24, 2.45) is 0 Å². The Morgan fingerprint density at radius 1 is 0.846 bits per heavy atom. The lowest BCUT2D eigenvalue weighted by Crippen LogP contribution is -2.37. The summed E-state index contributed by atoms with van der Waals surface area (Å²) in [7, 11) is 0. The first-order valence-electron chi connectivity index (χ1n) is 12.9. The Bertz CT molecular complexity index is 1640. The van der Waals surface area contributed by atoms with Crippen molar-refractivity contribution < 1.29 is 13.9 Å². The van der Waals surface area contributed by atoms with E-state index in [0.717, 1.165) is 30.0 Å². The van der Waals surface area contributed by atoms with Crippen LogP contribution in [0.5, 0.6) is 0 Å². The number of amides is 1. The van der Waals surface area contributed by atoms with Gasteiger partial charge < -0.3 is 19.0 Å². The van der Waals surface area contributed by atoms with Gasteiger partial charge >= 0.3 is 0 Å². The number of carbonyl (C=O) groups excluding carboxylic acids is 1. The van der Waals surface area contributed by atoms with Gasteiger partial charge in [0.1, 0.15) is 11.4 Å². The molecule has 3 heterocycles. The number of hydrogen-bond acceptors (Lipinski definition) is 6. The summed E-state index contributed by atoms with van der Waals surface area (Å²) in [6.07, 6.45) is 3.05. The van der Waals surface area contributed by atoms with Crippen LogP contribution in [0.15, 0.2) is 113 Å². The van der Waals surface area contributed by atoms with Gasteiger partial charge in [-0.3, -0.25) is 9.59 Å². The maximum Gasteiger partial charge on any atom is 0.260 e. The van der Waals surface area contributed by atoms with E-state index in [9.17, 15) is 9.59 Å². The summed E-state index contributed by atoms with van der Waals surface area (Å²) in [5.74, 6) is 0.555. The monoisotopic (exact) mass is 517 g/mol. The average molecular weight is 518 g/mol. The number of rotatable bonds is 6. The number of nitrogens with zero attached hydrogens (tertiary/aromatic N) is 3. The number of carbonyl (C=O) groups is 1. The van der Waals surface area contributed by atoms with E-state index in [0.29, 0.717) is 41.0 Å². The van der Waals surface area contributed by atoms with Crippen molar-refractivity contribution in [3.63, 3.8) is 0 Å².